The van der Waals surface area contributed by atoms with Gasteiger partial charge in [-0.05, 0) is 31.4 Å². The molecular weight excluding hydrogens is 158 g/mol. The lowest BCUT2D eigenvalue weighted by atomic mass is 9.93. The van der Waals surface area contributed by atoms with Crippen LogP contribution in [0, 0.1) is 0 Å². The van der Waals surface area contributed by atoms with Gasteiger partial charge in [0.25, 0.3) is 0 Å². The zero-order valence-corrected chi connectivity index (χ0v) is 8.25. The van der Waals surface area contributed by atoms with Crippen molar-refractivity contribution in [2.45, 2.75) is 31.2 Å². The molecule has 2 aliphatic rings. The third-order valence-corrected chi connectivity index (χ3v) is 3.99. The Morgan fingerprint density at radius 3 is 2.69 bits per heavy atom. The van der Waals surface area contributed by atoms with Crippen molar-refractivity contribution in [1.82, 2.24) is 0 Å². The van der Waals surface area contributed by atoms with E-state index in [-0.39, 0.29) is 0 Å². The first-order valence-corrected chi connectivity index (χ1v) is 5.08. The van der Waals surface area contributed by atoms with Crippen LogP contribution in [0.2, 0.25) is 0 Å². The summed E-state index contributed by atoms with van der Waals surface area (Å²) in [4.78, 5) is 2.43. The quantitative estimate of drug-likeness (QED) is 0.583. The van der Waals surface area contributed by atoms with Crippen molar-refractivity contribution in [1.29, 1.82) is 0 Å². The molecule has 1 atom stereocenters. The summed E-state index contributed by atoms with van der Waals surface area (Å²) in [6.07, 6.45) is 2.77. The molecule has 3 rings (SSSR count). The van der Waals surface area contributed by atoms with Gasteiger partial charge in [-0.2, -0.15) is 0 Å². The predicted molar refractivity (Wildman–Crippen MR) is 55.2 cm³/mol. The first-order valence-electron chi connectivity index (χ1n) is 5.08. The fourth-order valence-electron chi connectivity index (χ4n) is 2.83. The van der Waals surface area contributed by atoms with E-state index in [1.54, 1.807) is 5.56 Å². The van der Waals surface area contributed by atoms with Crippen molar-refractivity contribution in [2.75, 3.05) is 11.9 Å². The summed E-state index contributed by atoms with van der Waals surface area (Å²) in [6.45, 7) is 2.35. The van der Waals surface area contributed by atoms with E-state index in [0.717, 1.165) is 0 Å². The second-order valence-electron chi connectivity index (χ2n) is 4.46. The Morgan fingerprint density at radius 1 is 1.31 bits per heavy atom. The average molecular weight is 173 g/mol. The number of rotatable bonds is 0. The standard InChI is InChI=1S/C12H15N/c1-9-12(7-8-12)10-5-3-4-6-11(10)13(9)2/h3-6,9H,7-8H2,1-2H3. The van der Waals surface area contributed by atoms with E-state index in [4.69, 9.17) is 0 Å². The highest BCUT2D eigenvalue weighted by Crippen LogP contribution is 2.59. The number of para-hydroxylation sites is 1. The summed E-state index contributed by atoms with van der Waals surface area (Å²) in [6, 6.07) is 9.57. The molecule has 1 nitrogen and oxygen atoms in total. The lowest BCUT2D eigenvalue weighted by Gasteiger charge is -2.22. The van der Waals surface area contributed by atoms with Gasteiger partial charge in [0.05, 0.1) is 0 Å². The largest absolute Gasteiger partial charge is 0.371 e. The van der Waals surface area contributed by atoms with Gasteiger partial charge >= 0.3 is 0 Å². The van der Waals surface area contributed by atoms with E-state index < -0.39 is 0 Å². The van der Waals surface area contributed by atoms with Crippen molar-refractivity contribution < 1.29 is 0 Å². The molecule has 1 aliphatic heterocycles. The SMILES string of the molecule is CC1N(C)c2ccccc2C12CC2. The van der Waals surface area contributed by atoms with E-state index in [1.165, 1.54) is 18.5 Å². The Bertz CT molecular complexity index is 352. The number of hydrogen-bond acceptors (Lipinski definition) is 1. The predicted octanol–water partition coefficient (Wildman–Crippen LogP) is 2.56. The summed E-state index contributed by atoms with van der Waals surface area (Å²) in [5.74, 6) is 0. The third-order valence-electron chi connectivity index (χ3n) is 3.99. The van der Waals surface area contributed by atoms with Crippen molar-refractivity contribution in [3.05, 3.63) is 29.8 Å². The van der Waals surface area contributed by atoms with Crippen LogP contribution < -0.4 is 4.90 Å². The number of hydrogen-bond donors (Lipinski definition) is 0. The molecule has 1 heteroatoms. The molecule has 68 valence electrons. The number of benzene rings is 1. The monoisotopic (exact) mass is 173 g/mol. The highest BCUT2D eigenvalue weighted by atomic mass is 15.2. The van der Waals surface area contributed by atoms with Crippen LogP contribution in [-0.4, -0.2) is 13.1 Å². The molecule has 1 fully saturated rings. The smallest absolute Gasteiger partial charge is 0.0405 e. The van der Waals surface area contributed by atoms with Crippen LogP contribution in [0.5, 0.6) is 0 Å². The number of likely N-dealkylation sites (N-methyl/N-ethyl adjacent to an activating group) is 1. The molecule has 1 aromatic carbocycles. The van der Waals surface area contributed by atoms with Crippen LogP contribution in [0.25, 0.3) is 0 Å². The van der Waals surface area contributed by atoms with Crippen LogP contribution in [0.3, 0.4) is 0 Å². The van der Waals surface area contributed by atoms with Crippen LogP contribution in [0.15, 0.2) is 24.3 Å². The van der Waals surface area contributed by atoms with Crippen molar-refractivity contribution >= 4 is 5.69 Å². The highest BCUT2D eigenvalue weighted by Gasteiger charge is 2.55. The van der Waals surface area contributed by atoms with Crippen molar-refractivity contribution in [3.8, 4) is 0 Å². The second-order valence-corrected chi connectivity index (χ2v) is 4.46. The average Bonchev–Trinajstić information content (AvgIpc) is 2.93. The maximum Gasteiger partial charge on any atom is 0.0405 e. The lowest BCUT2D eigenvalue weighted by Crippen LogP contribution is -2.31. The molecule has 1 saturated carbocycles. The molecule has 0 amide bonds. The van der Waals surface area contributed by atoms with Crippen LogP contribution in [-0.2, 0) is 5.41 Å². The molecule has 0 radical (unpaired) electrons. The topological polar surface area (TPSA) is 3.24 Å². The molecule has 13 heavy (non-hydrogen) atoms. The van der Waals surface area contributed by atoms with Gasteiger partial charge < -0.3 is 4.90 Å². The summed E-state index contributed by atoms with van der Waals surface area (Å²) >= 11 is 0. The van der Waals surface area contributed by atoms with Crippen molar-refractivity contribution in [3.63, 3.8) is 0 Å². The molecule has 1 unspecified atom stereocenters. The normalized spacial score (nSPS) is 27.8. The summed E-state index contributed by atoms with van der Waals surface area (Å²) in [5.41, 5.74) is 3.57. The Hall–Kier alpha value is -0.980. The second kappa shape index (κ2) is 2.09. The molecular formula is C12H15N. The minimum Gasteiger partial charge on any atom is -0.371 e. The first-order chi connectivity index (χ1) is 6.26. The maximum absolute atomic E-state index is 2.43. The lowest BCUT2D eigenvalue weighted by molar-refractivity contribution is 0.574. The molecule has 0 saturated heterocycles. The highest BCUT2D eigenvalue weighted by molar-refractivity contribution is 5.65. The van der Waals surface area contributed by atoms with E-state index in [1.807, 2.05) is 0 Å². The van der Waals surface area contributed by atoms with Gasteiger partial charge in [-0.1, -0.05) is 18.2 Å². The minimum absolute atomic E-state index is 0.533. The van der Waals surface area contributed by atoms with E-state index in [9.17, 15) is 0 Å². The third kappa shape index (κ3) is 0.731. The zero-order chi connectivity index (χ0) is 9.05. The van der Waals surface area contributed by atoms with Gasteiger partial charge in [-0.3, -0.25) is 0 Å². The summed E-state index contributed by atoms with van der Waals surface area (Å²) < 4.78 is 0. The van der Waals surface area contributed by atoms with Gasteiger partial charge in [0, 0.05) is 24.2 Å². The zero-order valence-electron chi connectivity index (χ0n) is 8.25. The Labute approximate surface area is 79.4 Å². The first kappa shape index (κ1) is 7.43. The minimum atomic E-state index is 0.533. The van der Waals surface area contributed by atoms with Gasteiger partial charge in [-0.15, -0.1) is 0 Å². The van der Waals surface area contributed by atoms with E-state index >= 15 is 0 Å². The van der Waals surface area contributed by atoms with Crippen LogP contribution in [0.1, 0.15) is 25.3 Å². The number of anilines is 1. The fourth-order valence-corrected chi connectivity index (χ4v) is 2.83. The molecule has 1 heterocycles. The Kier molecular flexibility index (Phi) is 1.19. The van der Waals surface area contributed by atoms with Gasteiger partial charge in [0.1, 0.15) is 0 Å². The van der Waals surface area contributed by atoms with Crippen LogP contribution >= 0.6 is 0 Å². The van der Waals surface area contributed by atoms with Crippen LogP contribution in [0.4, 0.5) is 5.69 Å². The van der Waals surface area contributed by atoms with Gasteiger partial charge in [-0.25, -0.2) is 0 Å². The van der Waals surface area contributed by atoms with Crippen molar-refractivity contribution in [2.24, 2.45) is 0 Å². The van der Waals surface area contributed by atoms with E-state index in [2.05, 4.69) is 43.1 Å². The van der Waals surface area contributed by atoms with Gasteiger partial charge in [0.2, 0.25) is 0 Å². The maximum atomic E-state index is 2.43. The Balaban J connectivity index is 2.22. The van der Waals surface area contributed by atoms with Gasteiger partial charge in [0.15, 0.2) is 0 Å². The molecule has 0 bridgehead atoms. The molecule has 0 aromatic heterocycles. The van der Waals surface area contributed by atoms with E-state index in [0.29, 0.717) is 11.5 Å². The summed E-state index contributed by atoms with van der Waals surface area (Å²) in [5, 5.41) is 0. The Morgan fingerprint density at radius 2 is 2.00 bits per heavy atom. The fraction of sp³-hybridized carbons (Fsp3) is 0.500. The molecule has 1 spiro atoms. The molecule has 0 N–H and O–H groups in total. The number of fused-ring (bicyclic) bond motifs is 2. The summed E-state index contributed by atoms with van der Waals surface area (Å²) in [7, 11) is 2.22. The molecule has 1 aromatic rings. The molecule has 1 aliphatic carbocycles. The number of nitrogens with zero attached hydrogens (tertiary/aromatic N) is 1.